The van der Waals surface area contributed by atoms with E-state index in [2.05, 4.69) is 40.7 Å². The first kappa shape index (κ1) is 21.3. The number of hydrogen-bond donors (Lipinski definition) is 0. The molecule has 0 amide bonds. The minimum atomic E-state index is 0.0721. The molecule has 4 saturated carbocycles. The second kappa shape index (κ2) is 7.23. The van der Waals surface area contributed by atoms with Crippen LogP contribution in [-0.2, 0) is 4.74 Å². The van der Waals surface area contributed by atoms with Crippen LogP contribution in [-0.4, -0.2) is 11.7 Å². The van der Waals surface area contributed by atoms with E-state index in [1.165, 1.54) is 57.8 Å². The molecule has 0 aromatic rings. The maximum Gasteiger partial charge on any atom is 0.102 e. The van der Waals surface area contributed by atoms with Crippen LogP contribution in [0.25, 0.3) is 0 Å². The molecule has 5 fully saturated rings. The lowest BCUT2D eigenvalue weighted by Gasteiger charge is -2.59. The highest BCUT2D eigenvalue weighted by atomic mass is 16.6. The van der Waals surface area contributed by atoms with E-state index in [0.717, 1.165) is 48.3 Å². The van der Waals surface area contributed by atoms with Gasteiger partial charge in [-0.3, -0.25) is 0 Å². The smallest absolute Gasteiger partial charge is 0.102 e. The van der Waals surface area contributed by atoms with Crippen molar-refractivity contribution < 1.29 is 4.74 Å². The molecule has 1 aliphatic heterocycles. The SMILES string of the molecule is CC(C)CCC[C@@H](C)[C@@H]1CC[C@@H]2[C@@H]3C[C@@H]4O[C@@]45C[C@H](C#N)CC[C@]5(C)[C@@H]3CC[C@]21C. The molecule has 30 heavy (non-hydrogen) atoms. The van der Waals surface area contributed by atoms with Crippen LogP contribution in [0.1, 0.15) is 105 Å². The van der Waals surface area contributed by atoms with Gasteiger partial charge in [-0.05, 0) is 92.3 Å². The molecular weight excluding hydrogens is 366 g/mol. The van der Waals surface area contributed by atoms with E-state index in [0.29, 0.717) is 16.9 Å². The van der Waals surface area contributed by atoms with Crippen molar-refractivity contribution >= 4 is 0 Å². The number of rotatable bonds is 5. The van der Waals surface area contributed by atoms with E-state index in [1.54, 1.807) is 0 Å². The van der Waals surface area contributed by atoms with Gasteiger partial charge < -0.3 is 4.74 Å². The molecule has 0 aromatic heterocycles. The first-order valence-corrected chi connectivity index (χ1v) is 13.3. The number of epoxide rings is 1. The van der Waals surface area contributed by atoms with Gasteiger partial charge in [-0.1, -0.05) is 53.9 Å². The maximum atomic E-state index is 9.56. The maximum absolute atomic E-state index is 9.56. The highest BCUT2D eigenvalue weighted by molar-refractivity contribution is 5.25. The minimum absolute atomic E-state index is 0.0721. The summed E-state index contributed by atoms with van der Waals surface area (Å²) in [4.78, 5) is 0. The number of ether oxygens (including phenoxy) is 1. The van der Waals surface area contributed by atoms with E-state index in [1.807, 2.05) is 0 Å². The molecule has 2 nitrogen and oxygen atoms in total. The van der Waals surface area contributed by atoms with Crippen LogP contribution in [0.3, 0.4) is 0 Å². The van der Waals surface area contributed by atoms with Crippen molar-refractivity contribution in [3.63, 3.8) is 0 Å². The molecule has 5 aliphatic rings. The molecular formula is C28H45NO. The van der Waals surface area contributed by atoms with Crippen molar-refractivity contribution in [2.45, 2.75) is 117 Å². The average Bonchev–Trinajstić information content (AvgIpc) is 3.28. The average molecular weight is 412 g/mol. The summed E-state index contributed by atoms with van der Waals surface area (Å²) in [5, 5.41) is 9.56. The van der Waals surface area contributed by atoms with Gasteiger partial charge in [0.25, 0.3) is 0 Å². The Bertz CT molecular complexity index is 710. The summed E-state index contributed by atoms with van der Waals surface area (Å²) >= 11 is 0. The molecule has 0 unspecified atom stereocenters. The summed E-state index contributed by atoms with van der Waals surface area (Å²) in [5.74, 6) is 5.53. The van der Waals surface area contributed by atoms with Crippen molar-refractivity contribution in [3.05, 3.63) is 0 Å². The molecule has 1 saturated heterocycles. The van der Waals surface area contributed by atoms with Gasteiger partial charge in [0.15, 0.2) is 0 Å². The Hall–Kier alpha value is -0.550. The summed E-state index contributed by atoms with van der Waals surface area (Å²) in [7, 11) is 0. The second-order valence-electron chi connectivity index (χ2n) is 13.1. The molecule has 0 bridgehead atoms. The van der Waals surface area contributed by atoms with Gasteiger partial charge in [-0.15, -0.1) is 0 Å². The van der Waals surface area contributed by atoms with Crippen LogP contribution in [0.15, 0.2) is 0 Å². The molecule has 1 heterocycles. The topological polar surface area (TPSA) is 36.3 Å². The Morgan fingerprint density at radius 1 is 1.00 bits per heavy atom. The van der Waals surface area contributed by atoms with Crippen molar-refractivity contribution in [3.8, 4) is 6.07 Å². The Balaban J connectivity index is 1.33. The normalized spacial score (nSPS) is 52.6. The molecule has 5 rings (SSSR count). The third kappa shape index (κ3) is 2.89. The Kier molecular flexibility index (Phi) is 5.13. The van der Waals surface area contributed by atoms with Gasteiger partial charge in [0.2, 0.25) is 0 Å². The standard InChI is InChI=1S/C28H45NO/c1-18(2)7-6-8-19(3)22-9-10-23-21-15-25-28(30-25)16-20(17-29)11-14-27(28,5)24(21)12-13-26(22,23)4/h18-25H,6-16H2,1-5H3/t19-,20-,21+,22+,23-,24-,25+,26+,27-,28+/m1/s1. The summed E-state index contributed by atoms with van der Waals surface area (Å²) in [6, 6.07) is 2.58. The third-order valence-electron chi connectivity index (χ3n) is 11.5. The van der Waals surface area contributed by atoms with Crippen LogP contribution < -0.4 is 0 Å². The van der Waals surface area contributed by atoms with E-state index in [9.17, 15) is 5.26 Å². The molecule has 10 atom stereocenters. The van der Waals surface area contributed by atoms with Crippen molar-refractivity contribution in [1.82, 2.24) is 0 Å². The summed E-state index contributed by atoms with van der Waals surface area (Å²) in [6.07, 6.45) is 15.1. The van der Waals surface area contributed by atoms with E-state index < -0.39 is 0 Å². The van der Waals surface area contributed by atoms with Gasteiger partial charge >= 0.3 is 0 Å². The molecule has 1 spiro atoms. The molecule has 168 valence electrons. The van der Waals surface area contributed by atoms with Crippen LogP contribution in [0.2, 0.25) is 0 Å². The number of nitriles is 1. The van der Waals surface area contributed by atoms with Crippen molar-refractivity contribution in [1.29, 1.82) is 5.26 Å². The Morgan fingerprint density at radius 3 is 2.53 bits per heavy atom. The molecule has 4 aliphatic carbocycles. The number of hydrogen-bond acceptors (Lipinski definition) is 2. The lowest BCUT2D eigenvalue weighted by Crippen LogP contribution is -2.58. The summed E-state index contributed by atoms with van der Waals surface area (Å²) in [5.41, 5.74) is 0.965. The monoisotopic (exact) mass is 411 g/mol. The first-order chi connectivity index (χ1) is 14.2. The van der Waals surface area contributed by atoms with Crippen LogP contribution in [0.4, 0.5) is 0 Å². The number of fused-ring (bicyclic) bond motifs is 4. The second-order valence-corrected chi connectivity index (χ2v) is 13.1. The predicted octanol–water partition coefficient (Wildman–Crippen LogP) is 7.38. The Morgan fingerprint density at radius 2 is 1.80 bits per heavy atom. The van der Waals surface area contributed by atoms with Gasteiger partial charge in [-0.2, -0.15) is 5.26 Å². The minimum Gasteiger partial charge on any atom is -0.365 e. The lowest BCUT2D eigenvalue weighted by atomic mass is 9.44. The van der Waals surface area contributed by atoms with Crippen LogP contribution in [0, 0.1) is 63.6 Å². The third-order valence-corrected chi connectivity index (χ3v) is 11.5. The fraction of sp³-hybridized carbons (Fsp3) is 0.964. The van der Waals surface area contributed by atoms with Crippen LogP contribution in [0.5, 0.6) is 0 Å². The van der Waals surface area contributed by atoms with E-state index in [4.69, 9.17) is 4.74 Å². The lowest BCUT2D eigenvalue weighted by molar-refractivity contribution is -0.104. The zero-order valence-electron chi connectivity index (χ0n) is 20.3. The summed E-state index contributed by atoms with van der Waals surface area (Å²) < 4.78 is 6.58. The zero-order chi connectivity index (χ0) is 21.3. The molecule has 0 radical (unpaired) electrons. The van der Waals surface area contributed by atoms with Gasteiger partial charge in [0.05, 0.1) is 12.2 Å². The fourth-order valence-corrected chi connectivity index (χ4v) is 9.82. The van der Waals surface area contributed by atoms with Gasteiger partial charge in [0.1, 0.15) is 5.60 Å². The van der Waals surface area contributed by atoms with Crippen LogP contribution >= 0.6 is 0 Å². The highest BCUT2D eigenvalue weighted by Gasteiger charge is 2.76. The largest absolute Gasteiger partial charge is 0.365 e. The fourth-order valence-electron chi connectivity index (χ4n) is 9.82. The van der Waals surface area contributed by atoms with E-state index in [-0.39, 0.29) is 11.5 Å². The summed E-state index contributed by atoms with van der Waals surface area (Å²) in [6.45, 7) is 12.6. The predicted molar refractivity (Wildman–Crippen MR) is 122 cm³/mol. The number of nitrogens with zero attached hydrogens (tertiary/aromatic N) is 1. The van der Waals surface area contributed by atoms with Gasteiger partial charge in [0, 0.05) is 11.3 Å². The van der Waals surface area contributed by atoms with Gasteiger partial charge in [-0.25, -0.2) is 0 Å². The Labute approximate surface area is 185 Å². The first-order valence-electron chi connectivity index (χ1n) is 13.3. The molecule has 2 heteroatoms. The quantitative estimate of drug-likeness (QED) is 0.442. The van der Waals surface area contributed by atoms with E-state index >= 15 is 0 Å². The molecule has 0 N–H and O–H groups in total. The molecule has 0 aromatic carbocycles. The zero-order valence-corrected chi connectivity index (χ0v) is 20.3. The van der Waals surface area contributed by atoms with Crippen molar-refractivity contribution in [2.75, 3.05) is 0 Å². The van der Waals surface area contributed by atoms with Crippen molar-refractivity contribution in [2.24, 2.45) is 52.3 Å². The highest BCUT2D eigenvalue weighted by Crippen LogP contribution is 2.74.